The van der Waals surface area contributed by atoms with E-state index in [-0.39, 0.29) is 11.8 Å². The van der Waals surface area contributed by atoms with Crippen LogP contribution in [-0.2, 0) is 4.79 Å². The van der Waals surface area contributed by atoms with Gasteiger partial charge in [0.2, 0.25) is 5.91 Å². The third-order valence-electron chi connectivity index (χ3n) is 3.98. The molecule has 1 saturated carbocycles. The van der Waals surface area contributed by atoms with Gasteiger partial charge in [0.05, 0.1) is 0 Å². The average molecular weight is 303 g/mol. The van der Waals surface area contributed by atoms with Crippen molar-refractivity contribution in [1.82, 2.24) is 5.32 Å². The molecule has 2 amide bonds. The predicted molar refractivity (Wildman–Crippen MR) is 87.7 cm³/mol. The lowest BCUT2D eigenvalue weighted by Gasteiger charge is -2.22. The standard InChI is InChI=1S/C17H25N3O2/c18-12-4-7-16(21)19-15-10-8-13(9-11-15)17(22)20-14-5-2-1-3-6-14/h8-11,14H,1-7,12,18H2,(H,19,21)(H,20,22). The molecule has 1 aromatic rings. The minimum absolute atomic E-state index is 0.0343. The second-order valence-electron chi connectivity index (χ2n) is 5.83. The number of hydrogen-bond donors (Lipinski definition) is 3. The average Bonchev–Trinajstić information content (AvgIpc) is 2.54. The van der Waals surface area contributed by atoms with Crippen LogP contribution in [0.3, 0.4) is 0 Å². The van der Waals surface area contributed by atoms with E-state index in [1.165, 1.54) is 19.3 Å². The highest BCUT2D eigenvalue weighted by molar-refractivity contribution is 5.95. The smallest absolute Gasteiger partial charge is 0.251 e. The third-order valence-corrected chi connectivity index (χ3v) is 3.98. The SMILES string of the molecule is NCCCC(=O)Nc1ccc(C(=O)NC2CCCCC2)cc1. The molecule has 22 heavy (non-hydrogen) atoms. The van der Waals surface area contributed by atoms with Gasteiger partial charge >= 0.3 is 0 Å². The van der Waals surface area contributed by atoms with E-state index < -0.39 is 0 Å². The molecular formula is C17H25N3O2. The van der Waals surface area contributed by atoms with Crippen LogP contribution in [0.15, 0.2) is 24.3 Å². The van der Waals surface area contributed by atoms with E-state index >= 15 is 0 Å². The Labute approximate surface area is 131 Å². The van der Waals surface area contributed by atoms with Crippen molar-refractivity contribution in [2.75, 3.05) is 11.9 Å². The van der Waals surface area contributed by atoms with E-state index in [2.05, 4.69) is 10.6 Å². The highest BCUT2D eigenvalue weighted by Gasteiger charge is 2.16. The van der Waals surface area contributed by atoms with E-state index in [9.17, 15) is 9.59 Å². The molecule has 120 valence electrons. The van der Waals surface area contributed by atoms with Gasteiger partial charge in [-0.25, -0.2) is 0 Å². The first-order valence-electron chi connectivity index (χ1n) is 8.10. The Morgan fingerprint density at radius 1 is 1.09 bits per heavy atom. The van der Waals surface area contributed by atoms with Crippen molar-refractivity contribution in [1.29, 1.82) is 0 Å². The Hall–Kier alpha value is -1.88. The van der Waals surface area contributed by atoms with Gasteiger partial charge in [-0.3, -0.25) is 9.59 Å². The summed E-state index contributed by atoms with van der Waals surface area (Å²) in [6.07, 6.45) is 6.89. The second kappa shape index (κ2) is 8.54. The Kier molecular flexibility index (Phi) is 6.40. The van der Waals surface area contributed by atoms with Crippen molar-refractivity contribution in [3.05, 3.63) is 29.8 Å². The molecule has 1 fully saturated rings. The highest BCUT2D eigenvalue weighted by atomic mass is 16.2. The molecule has 1 aliphatic rings. The topological polar surface area (TPSA) is 84.2 Å². The van der Waals surface area contributed by atoms with Crippen LogP contribution in [0.1, 0.15) is 55.3 Å². The van der Waals surface area contributed by atoms with Gasteiger partial charge in [0.1, 0.15) is 0 Å². The molecule has 2 rings (SSSR count). The zero-order valence-corrected chi connectivity index (χ0v) is 12.9. The van der Waals surface area contributed by atoms with E-state index in [1.54, 1.807) is 24.3 Å². The molecule has 5 nitrogen and oxygen atoms in total. The molecule has 0 aromatic heterocycles. The van der Waals surface area contributed by atoms with Gasteiger partial charge in [-0.05, 0) is 50.1 Å². The monoisotopic (exact) mass is 303 g/mol. The molecule has 0 saturated heterocycles. The molecule has 1 aromatic carbocycles. The van der Waals surface area contributed by atoms with Crippen molar-refractivity contribution in [2.24, 2.45) is 5.73 Å². The molecule has 1 aliphatic carbocycles. The van der Waals surface area contributed by atoms with Gasteiger partial charge in [0.25, 0.3) is 5.91 Å². The minimum Gasteiger partial charge on any atom is -0.349 e. The predicted octanol–water partition coefficient (Wildman–Crippen LogP) is 2.43. The molecule has 0 atom stereocenters. The summed E-state index contributed by atoms with van der Waals surface area (Å²) >= 11 is 0. The van der Waals surface area contributed by atoms with Crippen LogP contribution < -0.4 is 16.4 Å². The number of benzene rings is 1. The van der Waals surface area contributed by atoms with Gasteiger partial charge < -0.3 is 16.4 Å². The third kappa shape index (κ3) is 5.15. The quantitative estimate of drug-likeness (QED) is 0.754. The Bertz CT molecular complexity index is 493. The molecule has 4 N–H and O–H groups in total. The van der Waals surface area contributed by atoms with E-state index in [0.29, 0.717) is 36.7 Å². The van der Waals surface area contributed by atoms with Crippen LogP contribution in [0.4, 0.5) is 5.69 Å². The number of rotatable bonds is 6. The lowest BCUT2D eigenvalue weighted by molar-refractivity contribution is -0.116. The molecule has 0 bridgehead atoms. The first-order valence-corrected chi connectivity index (χ1v) is 8.10. The summed E-state index contributed by atoms with van der Waals surface area (Å²) in [6.45, 7) is 0.508. The molecule has 0 unspecified atom stereocenters. The van der Waals surface area contributed by atoms with Crippen LogP contribution in [0.25, 0.3) is 0 Å². The number of carbonyl (C=O) groups excluding carboxylic acids is 2. The van der Waals surface area contributed by atoms with E-state index in [4.69, 9.17) is 5.73 Å². The fourth-order valence-electron chi connectivity index (χ4n) is 2.71. The largest absolute Gasteiger partial charge is 0.349 e. The van der Waals surface area contributed by atoms with Crippen LogP contribution in [0, 0.1) is 0 Å². The van der Waals surface area contributed by atoms with E-state index in [1.807, 2.05) is 0 Å². The second-order valence-corrected chi connectivity index (χ2v) is 5.83. The maximum Gasteiger partial charge on any atom is 0.251 e. The van der Waals surface area contributed by atoms with Crippen LogP contribution in [0.2, 0.25) is 0 Å². The van der Waals surface area contributed by atoms with Gasteiger partial charge in [-0.2, -0.15) is 0 Å². The Morgan fingerprint density at radius 2 is 1.77 bits per heavy atom. The summed E-state index contributed by atoms with van der Waals surface area (Å²) in [5.41, 5.74) is 6.71. The highest BCUT2D eigenvalue weighted by Crippen LogP contribution is 2.18. The summed E-state index contributed by atoms with van der Waals surface area (Å²) in [5.74, 6) is -0.0854. The van der Waals surface area contributed by atoms with Crippen LogP contribution >= 0.6 is 0 Å². The number of anilines is 1. The first kappa shape index (κ1) is 16.5. The zero-order valence-electron chi connectivity index (χ0n) is 12.9. The van der Waals surface area contributed by atoms with Crippen molar-refractivity contribution >= 4 is 17.5 Å². The van der Waals surface area contributed by atoms with Crippen molar-refractivity contribution in [3.8, 4) is 0 Å². The number of nitrogens with one attached hydrogen (secondary N) is 2. The van der Waals surface area contributed by atoms with Crippen molar-refractivity contribution < 1.29 is 9.59 Å². The molecule has 0 heterocycles. The number of nitrogens with two attached hydrogens (primary N) is 1. The summed E-state index contributed by atoms with van der Waals surface area (Å²) in [4.78, 5) is 23.8. The molecule has 0 radical (unpaired) electrons. The lowest BCUT2D eigenvalue weighted by Crippen LogP contribution is -2.36. The summed E-state index contributed by atoms with van der Waals surface area (Å²) in [7, 11) is 0. The van der Waals surface area contributed by atoms with Gasteiger partial charge in [-0.1, -0.05) is 19.3 Å². The first-order chi connectivity index (χ1) is 10.7. The maximum atomic E-state index is 12.2. The fraction of sp³-hybridized carbons (Fsp3) is 0.529. The van der Waals surface area contributed by atoms with Crippen LogP contribution in [0.5, 0.6) is 0 Å². The van der Waals surface area contributed by atoms with Crippen molar-refractivity contribution in [2.45, 2.75) is 51.0 Å². The van der Waals surface area contributed by atoms with Crippen molar-refractivity contribution in [3.63, 3.8) is 0 Å². The zero-order chi connectivity index (χ0) is 15.8. The molecule has 5 heteroatoms. The van der Waals surface area contributed by atoms with Gasteiger partial charge in [0.15, 0.2) is 0 Å². The molecule has 0 spiro atoms. The number of hydrogen-bond acceptors (Lipinski definition) is 3. The number of carbonyl (C=O) groups is 2. The van der Waals surface area contributed by atoms with Crippen LogP contribution in [-0.4, -0.2) is 24.4 Å². The lowest BCUT2D eigenvalue weighted by atomic mass is 9.95. The fourth-order valence-corrected chi connectivity index (χ4v) is 2.71. The summed E-state index contributed by atoms with van der Waals surface area (Å²) in [5, 5.41) is 5.88. The summed E-state index contributed by atoms with van der Waals surface area (Å²) < 4.78 is 0. The number of amides is 2. The Balaban J connectivity index is 1.85. The van der Waals surface area contributed by atoms with Gasteiger partial charge in [-0.15, -0.1) is 0 Å². The molecular weight excluding hydrogens is 278 g/mol. The minimum atomic E-state index is -0.0511. The Morgan fingerprint density at radius 3 is 2.41 bits per heavy atom. The summed E-state index contributed by atoms with van der Waals surface area (Å²) in [6, 6.07) is 7.32. The molecule has 0 aliphatic heterocycles. The van der Waals surface area contributed by atoms with Gasteiger partial charge in [0, 0.05) is 23.7 Å². The van der Waals surface area contributed by atoms with E-state index in [0.717, 1.165) is 12.8 Å². The normalized spacial score (nSPS) is 15.3. The maximum absolute atomic E-state index is 12.2.